The number of rotatable bonds is 4. The molecule has 0 aromatic rings. The Balaban J connectivity index is 1.76. The molecule has 2 rings (SSSR count). The van der Waals surface area contributed by atoms with Crippen LogP contribution in [0.25, 0.3) is 0 Å². The number of carboxylic acid groups (broad SMARTS) is 1. The smallest absolute Gasteiger partial charge is 0.315 e. The SMILES string of the molecule is CC(CNC(=O)NC1CC2CCCC(C1)N2C)C(=O)O. The summed E-state index contributed by atoms with van der Waals surface area (Å²) in [6.45, 7) is 1.75. The lowest BCUT2D eigenvalue weighted by molar-refractivity contribution is -0.140. The van der Waals surface area contributed by atoms with Crippen molar-refractivity contribution in [2.45, 2.75) is 57.2 Å². The topological polar surface area (TPSA) is 81.7 Å². The van der Waals surface area contributed by atoms with Crippen LogP contribution in [-0.2, 0) is 4.79 Å². The Kier molecular flexibility index (Phi) is 4.86. The van der Waals surface area contributed by atoms with Crippen LogP contribution in [0.4, 0.5) is 4.79 Å². The van der Waals surface area contributed by atoms with Gasteiger partial charge < -0.3 is 20.6 Å². The molecule has 0 aromatic heterocycles. The van der Waals surface area contributed by atoms with Gasteiger partial charge in [-0.3, -0.25) is 4.79 Å². The van der Waals surface area contributed by atoms with Crippen molar-refractivity contribution >= 4 is 12.0 Å². The minimum absolute atomic E-state index is 0.167. The van der Waals surface area contributed by atoms with Gasteiger partial charge in [-0.05, 0) is 32.7 Å². The van der Waals surface area contributed by atoms with Crippen LogP contribution in [0, 0.1) is 5.92 Å². The first-order valence-corrected chi connectivity index (χ1v) is 7.46. The molecular weight excluding hydrogens is 258 g/mol. The lowest BCUT2D eigenvalue weighted by atomic mass is 9.82. The first kappa shape index (κ1) is 15.1. The fourth-order valence-electron chi connectivity index (χ4n) is 3.30. The van der Waals surface area contributed by atoms with Crippen LogP contribution in [-0.4, -0.2) is 53.7 Å². The van der Waals surface area contributed by atoms with Crippen molar-refractivity contribution in [3.8, 4) is 0 Å². The van der Waals surface area contributed by atoms with E-state index in [0.29, 0.717) is 12.1 Å². The molecule has 3 N–H and O–H groups in total. The molecule has 2 fully saturated rings. The highest BCUT2D eigenvalue weighted by Crippen LogP contribution is 2.32. The Hall–Kier alpha value is -1.30. The first-order chi connectivity index (χ1) is 9.47. The Bertz CT molecular complexity index is 361. The molecule has 3 unspecified atom stereocenters. The number of nitrogens with one attached hydrogen (secondary N) is 2. The van der Waals surface area contributed by atoms with Gasteiger partial charge in [0, 0.05) is 24.7 Å². The van der Waals surface area contributed by atoms with Crippen LogP contribution in [0.1, 0.15) is 39.0 Å². The molecular formula is C14H25N3O3. The lowest BCUT2D eigenvalue weighted by Crippen LogP contribution is -2.56. The molecule has 3 atom stereocenters. The molecule has 6 nitrogen and oxygen atoms in total. The quantitative estimate of drug-likeness (QED) is 0.719. The Labute approximate surface area is 119 Å². The number of carboxylic acids is 1. The number of hydrogen-bond donors (Lipinski definition) is 3. The van der Waals surface area contributed by atoms with Crippen molar-refractivity contribution in [3.05, 3.63) is 0 Å². The van der Waals surface area contributed by atoms with Gasteiger partial charge in [0.15, 0.2) is 0 Å². The van der Waals surface area contributed by atoms with Crippen molar-refractivity contribution in [2.75, 3.05) is 13.6 Å². The van der Waals surface area contributed by atoms with E-state index in [1.54, 1.807) is 6.92 Å². The van der Waals surface area contributed by atoms with Gasteiger partial charge in [0.05, 0.1) is 5.92 Å². The molecule has 0 spiro atoms. The highest BCUT2D eigenvalue weighted by atomic mass is 16.4. The number of fused-ring (bicyclic) bond motifs is 2. The van der Waals surface area contributed by atoms with Gasteiger partial charge in [-0.1, -0.05) is 13.3 Å². The van der Waals surface area contributed by atoms with E-state index in [9.17, 15) is 9.59 Å². The normalized spacial score (nSPS) is 31.4. The van der Waals surface area contributed by atoms with Crippen LogP contribution in [0.2, 0.25) is 0 Å². The molecule has 6 heteroatoms. The number of carbonyl (C=O) groups is 2. The number of amides is 2. The zero-order valence-corrected chi connectivity index (χ0v) is 12.3. The lowest BCUT2D eigenvalue weighted by Gasteiger charge is -2.47. The predicted molar refractivity (Wildman–Crippen MR) is 75.5 cm³/mol. The van der Waals surface area contributed by atoms with E-state index in [1.165, 1.54) is 19.3 Å². The maximum absolute atomic E-state index is 11.8. The summed E-state index contributed by atoms with van der Waals surface area (Å²) >= 11 is 0. The van der Waals surface area contributed by atoms with Gasteiger partial charge in [0.25, 0.3) is 0 Å². The maximum Gasteiger partial charge on any atom is 0.315 e. The second-order valence-electron chi connectivity index (χ2n) is 6.17. The zero-order chi connectivity index (χ0) is 14.7. The van der Waals surface area contributed by atoms with Crippen LogP contribution in [0.15, 0.2) is 0 Å². The summed E-state index contributed by atoms with van der Waals surface area (Å²) in [6.07, 6.45) is 5.70. The standard InChI is InChI=1S/C14H25N3O3/c1-9(13(18)19)8-15-14(20)16-10-6-11-4-3-5-12(7-10)17(11)2/h9-12H,3-8H2,1-2H3,(H,18,19)(H2,15,16,20). The third-order valence-corrected chi connectivity index (χ3v) is 4.67. The van der Waals surface area contributed by atoms with E-state index in [0.717, 1.165) is 12.8 Å². The second-order valence-corrected chi connectivity index (χ2v) is 6.17. The average molecular weight is 283 g/mol. The van der Waals surface area contributed by atoms with E-state index >= 15 is 0 Å². The Morgan fingerprint density at radius 1 is 1.30 bits per heavy atom. The summed E-state index contributed by atoms with van der Waals surface area (Å²) in [4.78, 5) is 25.0. The predicted octanol–water partition coefficient (Wildman–Crippen LogP) is 1.02. The minimum Gasteiger partial charge on any atom is -0.481 e. The van der Waals surface area contributed by atoms with Gasteiger partial charge in [-0.15, -0.1) is 0 Å². The van der Waals surface area contributed by atoms with Gasteiger partial charge >= 0.3 is 12.0 Å². The molecule has 2 amide bonds. The summed E-state index contributed by atoms with van der Waals surface area (Å²) in [5, 5.41) is 14.4. The molecule has 0 saturated carbocycles. The van der Waals surface area contributed by atoms with Crippen molar-refractivity contribution in [3.63, 3.8) is 0 Å². The fourth-order valence-corrected chi connectivity index (χ4v) is 3.30. The van der Waals surface area contributed by atoms with Crippen LogP contribution in [0.5, 0.6) is 0 Å². The number of carbonyl (C=O) groups excluding carboxylic acids is 1. The van der Waals surface area contributed by atoms with Crippen molar-refractivity contribution in [1.29, 1.82) is 0 Å². The Morgan fingerprint density at radius 2 is 1.90 bits per heavy atom. The van der Waals surface area contributed by atoms with Gasteiger partial charge in [0.2, 0.25) is 0 Å². The monoisotopic (exact) mass is 283 g/mol. The average Bonchev–Trinajstić information content (AvgIpc) is 2.37. The van der Waals surface area contributed by atoms with E-state index in [-0.39, 0.29) is 18.6 Å². The molecule has 0 aromatic carbocycles. The van der Waals surface area contributed by atoms with Gasteiger partial charge in [-0.2, -0.15) is 0 Å². The molecule has 2 heterocycles. The minimum atomic E-state index is -0.890. The summed E-state index contributed by atoms with van der Waals surface area (Å²) in [7, 11) is 2.18. The van der Waals surface area contributed by atoms with Crippen LogP contribution >= 0.6 is 0 Å². The highest BCUT2D eigenvalue weighted by molar-refractivity contribution is 5.76. The third-order valence-electron chi connectivity index (χ3n) is 4.67. The number of aliphatic carboxylic acids is 1. The van der Waals surface area contributed by atoms with E-state index in [2.05, 4.69) is 22.6 Å². The summed E-state index contributed by atoms with van der Waals surface area (Å²) in [5.41, 5.74) is 0. The number of piperidine rings is 2. The van der Waals surface area contributed by atoms with E-state index in [1.807, 2.05) is 0 Å². The summed E-state index contributed by atoms with van der Waals surface area (Å²) in [6, 6.07) is 1.11. The van der Waals surface area contributed by atoms with Crippen molar-refractivity contribution in [1.82, 2.24) is 15.5 Å². The van der Waals surface area contributed by atoms with Crippen molar-refractivity contribution < 1.29 is 14.7 Å². The summed E-state index contributed by atoms with van der Waals surface area (Å²) < 4.78 is 0. The number of urea groups is 1. The van der Waals surface area contributed by atoms with Gasteiger partial charge in [-0.25, -0.2) is 4.79 Å². The van der Waals surface area contributed by atoms with Crippen molar-refractivity contribution in [2.24, 2.45) is 5.92 Å². The van der Waals surface area contributed by atoms with E-state index < -0.39 is 11.9 Å². The zero-order valence-electron chi connectivity index (χ0n) is 12.3. The molecule has 20 heavy (non-hydrogen) atoms. The molecule has 2 aliphatic rings. The highest BCUT2D eigenvalue weighted by Gasteiger charge is 2.36. The second kappa shape index (κ2) is 6.43. The van der Waals surface area contributed by atoms with Crippen LogP contribution in [0.3, 0.4) is 0 Å². The maximum atomic E-state index is 11.8. The number of hydrogen-bond acceptors (Lipinski definition) is 3. The molecule has 0 aliphatic carbocycles. The fraction of sp³-hybridized carbons (Fsp3) is 0.857. The van der Waals surface area contributed by atoms with Gasteiger partial charge in [0.1, 0.15) is 0 Å². The molecule has 2 saturated heterocycles. The molecule has 2 bridgehead atoms. The summed E-state index contributed by atoms with van der Waals surface area (Å²) in [5.74, 6) is -1.45. The molecule has 2 aliphatic heterocycles. The largest absolute Gasteiger partial charge is 0.481 e. The Morgan fingerprint density at radius 3 is 2.45 bits per heavy atom. The number of nitrogens with zero attached hydrogens (tertiary/aromatic N) is 1. The first-order valence-electron chi connectivity index (χ1n) is 7.46. The molecule has 114 valence electrons. The van der Waals surface area contributed by atoms with E-state index in [4.69, 9.17) is 5.11 Å². The third kappa shape index (κ3) is 3.62. The molecule has 0 radical (unpaired) electrons. The van der Waals surface area contributed by atoms with Crippen LogP contribution < -0.4 is 10.6 Å².